The highest BCUT2D eigenvalue weighted by molar-refractivity contribution is 5.92. The summed E-state index contributed by atoms with van der Waals surface area (Å²) in [6.45, 7) is 5.47. The summed E-state index contributed by atoms with van der Waals surface area (Å²) in [5, 5.41) is 6.76. The number of methoxy groups -OCH3 is 1. The van der Waals surface area contributed by atoms with E-state index in [2.05, 4.69) is 20.6 Å². The van der Waals surface area contributed by atoms with Crippen molar-refractivity contribution in [2.24, 2.45) is 0 Å². The van der Waals surface area contributed by atoms with E-state index in [0.717, 1.165) is 6.54 Å². The Morgan fingerprint density at radius 1 is 1.22 bits per heavy atom. The summed E-state index contributed by atoms with van der Waals surface area (Å²) >= 11 is 0. The Hall–Kier alpha value is -3.38. The maximum Gasteiger partial charge on any atom is 0.419 e. The van der Waals surface area contributed by atoms with Gasteiger partial charge in [0.1, 0.15) is 30.2 Å². The monoisotopic (exact) mass is 509 g/mol. The number of morpholine rings is 1. The zero-order valence-electron chi connectivity index (χ0n) is 20.0. The second kappa shape index (κ2) is 10.3. The van der Waals surface area contributed by atoms with Gasteiger partial charge in [0.25, 0.3) is 0 Å². The normalized spacial score (nSPS) is 17.1. The van der Waals surface area contributed by atoms with E-state index < -0.39 is 23.6 Å². The van der Waals surface area contributed by atoms with Crippen LogP contribution in [0.5, 0.6) is 11.5 Å². The molecule has 0 bridgehead atoms. The smallest absolute Gasteiger partial charge is 0.419 e. The second-order valence-corrected chi connectivity index (χ2v) is 8.48. The van der Waals surface area contributed by atoms with Crippen LogP contribution in [0, 0.1) is 12.7 Å². The van der Waals surface area contributed by atoms with Crippen molar-refractivity contribution in [2.45, 2.75) is 32.2 Å². The lowest BCUT2D eigenvalue weighted by Crippen LogP contribution is -2.41. The van der Waals surface area contributed by atoms with Gasteiger partial charge in [-0.05, 0) is 32.0 Å². The number of halogens is 4. The molecule has 8 nitrogen and oxygen atoms in total. The van der Waals surface area contributed by atoms with Crippen LogP contribution >= 0.6 is 0 Å². The first-order valence-electron chi connectivity index (χ1n) is 11.3. The average molecular weight is 510 g/mol. The number of ether oxygens (including phenoxy) is 3. The molecule has 4 rings (SSSR count). The van der Waals surface area contributed by atoms with Gasteiger partial charge in [0.05, 0.1) is 30.8 Å². The molecule has 36 heavy (non-hydrogen) atoms. The van der Waals surface area contributed by atoms with Crippen molar-refractivity contribution >= 4 is 22.4 Å². The van der Waals surface area contributed by atoms with Crippen molar-refractivity contribution < 1.29 is 31.8 Å². The zero-order valence-corrected chi connectivity index (χ0v) is 20.0. The van der Waals surface area contributed by atoms with E-state index in [9.17, 15) is 17.6 Å². The van der Waals surface area contributed by atoms with Gasteiger partial charge in [0.2, 0.25) is 0 Å². The summed E-state index contributed by atoms with van der Waals surface area (Å²) in [6, 6.07) is 4.21. The van der Waals surface area contributed by atoms with Crippen LogP contribution in [0.15, 0.2) is 24.3 Å². The van der Waals surface area contributed by atoms with Crippen LogP contribution in [0.1, 0.15) is 29.9 Å². The molecule has 0 amide bonds. The van der Waals surface area contributed by atoms with Gasteiger partial charge in [-0.2, -0.15) is 13.2 Å². The summed E-state index contributed by atoms with van der Waals surface area (Å²) in [6.07, 6.45) is -5.02. The second-order valence-electron chi connectivity index (χ2n) is 8.48. The molecule has 1 fully saturated rings. The fourth-order valence-electron chi connectivity index (χ4n) is 4.02. The van der Waals surface area contributed by atoms with Crippen LogP contribution in [0.25, 0.3) is 10.9 Å². The van der Waals surface area contributed by atoms with Crippen LogP contribution in [-0.4, -0.2) is 49.5 Å². The van der Waals surface area contributed by atoms with Crippen molar-refractivity contribution in [3.63, 3.8) is 0 Å². The molecule has 3 aromatic rings. The molecule has 1 aromatic heterocycles. The SMILES string of the molecule is COc1cc2nc(C)nc(N[C@H](C)c3cc(N)cc(C(F)(F)F)c3F)c2cc1OC[C@@H]1CNCCO1. The number of hydrogen-bond donors (Lipinski definition) is 3. The van der Waals surface area contributed by atoms with E-state index >= 15 is 0 Å². The number of nitrogens with one attached hydrogen (secondary N) is 2. The number of rotatable bonds is 7. The van der Waals surface area contributed by atoms with Gasteiger partial charge < -0.3 is 30.6 Å². The maximum atomic E-state index is 14.8. The number of anilines is 2. The van der Waals surface area contributed by atoms with Gasteiger partial charge in [-0.15, -0.1) is 0 Å². The lowest BCUT2D eigenvalue weighted by molar-refractivity contribution is -0.140. The molecular weight excluding hydrogens is 482 g/mol. The number of benzene rings is 2. The molecule has 2 aromatic carbocycles. The number of nitrogen functional groups attached to an aromatic ring is 1. The first-order valence-corrected chi connectivity index (χ1v) is 11.3. The highest BCUT2D eigenvalue weighted by atomic mass is 19.4. The number of alkyl halides is 3. The van der Waals surface area contributed by atoms with Crippen LogP contribution in [0.4, 0.5) is 29.1 Å². The van der Waals surface area contributed by atoms with Crippen LogP contribution in [0.3, 0.4) is 0 Å². The summed E-state index contributed by atoms with van der Waals surface area (Å²) in [4.78, 5) is 8.84. The summed E-state index contributed by atoms with van der Waals surface area (Å²) in [7, 11) is 1.50. The molecule has 0 unspecified atom stereocenters. The zero-order chi connectivity index (χ0) is 26.0. The molecule has 1 aliphatic heterocycles. The van der Waals surface area contributed by atoms with Gasteiger partial charge >= 0.3 is 6.18 Å². The minimum atomic E-state index is -4.88. The molecule has 0 spiro atoms. The molecule has 0 saturated carbocycles. The summed E-state index contributed by atoms with van der Waals surface area (Å²) in [5.74, 6) is 0.164. The van der Waals surface area contributed by atoms with Crippen molar-refractivity contribution in [3.8, 4) is 11.5 Å². The molecule has 2 heterocycles. The topological polar surface area (TPSA) is 104 Å². The highest BCUT2D eigenvalue weighted by Crippen LogP contribution is 2.38. The lowest BCUT2D eigenvalue weighted by Gasteiger charge is -2.24. The Bertz CT molecular complexity index is 1250. The molecule has 12 heteroatoms. The third-order valence-corrected chi connectivity index (χ3v) is 5.77. The Morgan fingerprint density at radius 3 is 2.67 bits per heavy atom. The van der Waals surface area contributed by atoms with Gasteiger partial charge in [0.15, 0.2) is 11.5 Å². The van der Waals surface area contributed by atoms with E-state index in [4.69, 9.17) is 19.9 Å². The fraction of sp³-hybridized carbons (Fsp3) is 0.417. The van der Waals surface area contributed by atoms with Gasteiger partial charge in [-0.3, -0.25) is 0 Å². The number of nitrogens with two attached hydrogens (primary N) is 1. The molecule has 0 radical (unpaired) electrons. The van der Waals surface area contributed by atoms with Gasteiger partial charge in [-0.1, -0.05) is 0 Å². The number of fused-ring (bicyclic) bond motifs is 1. The number of hydrogen-bond acceptors (Lipinski definition) is 8. The Kier molecular flexibility index (Phi) is 7.36. The minimum absolute atomic E-state index is 0.139. The Balaban J connectivity index is 1.69. The Labute approximate surface area is 205 Å². The molecule has 2 atom stereocenters. The number of aromatic nitrogens is 2. The minimum Gasteiger partial charge on any atom is -0.493 e. The molecule has 0 aliphatic carbocycles. The average Bonchev–Trinajstić information content (AvgIpc) is 2.83. The van der Waals surface area contributed by atoms with Crippen LogP contribution in [0.2, 0.25) is 0 Å². The highest BCUT2D eigenvalue weighted by Gasteiger charge is 2.36. The van der Waals surface area contributed by atoms with E-state index in [1.807, 2.05) is 0 Å². The molecule has 4 N–H and O–H groups in total. The molecule has 194 valence electrons. The van der Waals surface area contributed by atoms with Crippen molar-refractivity contribution in [3.05, 3.63) is 47.0 Å². The predicted molar refractivity (Wildman–Crippen MR) is 127 cm³/mol. The third-order valence-electron chi connectivity index (χ3n) is 5.77. The van der Waals surface area contributed by atoms with Crippen LogP contribution in [-0.2, 0) is 10.9 Å². The van der Waals surface area contributed by atoms with E-state index in [1.54, 1.807) is 19.1 Å². The fourth-order valence-corrected chi connectivity index (χ4v) is 4.02. The summed E-state index contributed by atoms with van der Waals surface area (Å²) < 4.78 is 71.9. The number of aryl methyl sites for hydroxylation is 1. The van der Waals surface area contributed by atoms with Crippen LogP contribution < -0.4 is 25.8 Å². The van der Waals surface area contributed by atoms with Crippen molar-refractivity contribution in [2.75, 3.05) is 44.5 Å². The number of nitrogens with zero attached hydrogens (tertiary/aromatic N) is 2. The Morgan fingerprint density at radius 2 is 2.00 bits per heavy atom. The first kappa shape index (κ1) is 25.7. The van der Waals surface area contributed by atoms with Crippen molar-refractivity contribution in [1.29, 1.82) is 0 Å². The van der Waals surface area contributed by atoms with Gasteiger partial charge in [0, 0.05) is 35.8 Å². The molecule has 1 aliphatic rings. The third kappa shape index (κ3) is 5.54. The standard InChI is InChI=1S/C24H27F4N5O3/c1-12(16-6-14(29)7-18(22(16)25)24(26,27)28)31-23-17-8-21(36-11-15-10-30-4-5-35-15)20(34-3)9-19(17)32-13(2)33-23/h6-9,12,15,30H,4-5,10-11,29H2,1-3H3,(H,31,32,33)/t12-,15+/m1/s1. The first-order chi connectivity index (χ1) is 17.1. The molecule has 1 saturated heterocycles. The summed E-state index contributed by atoms with van der Waals surface area (Å²) in [5.41, 5.74) is 4.31. The van der Waals surface area contributed by atoms with Crippen molar-refractivity contribution in [1.82, 2.24) is 15.3 Å². The lowest BCUT2D eigenvalue weighted by atomic mass is 10.0. The van der Waals surface area contributed by atoms with E-state index in [-0.39, 0.29) is 24.0 Å². The largest absolute Gasteiger partial charge is 0.493 e. The molecular formula is C24H27F4N5O3. The van der Waals surface area contributed by atoms with Gasteiger partial charge in [-0.25, -0.2) is 14.4 Å². The quantitative estimate of drug-likeness (QED) is 0.321. The van der Waals surface area contributed by atoms with E-state index in [0.29, 0.717) is 53.3 Å². The maximum absolute atomic E-state index is 14.8. The predicted octanol–water partition coefficient (Wildman–Crippen LogP) is 4.23. The van der Waals surface area contributed by atoms with E-state index in [1.165, 1.54) is 20.1 Å².